The van der Waals surface area contributed by atoms with E-state index in [-0.39, 0.29) is 10.8 Å². The molecule has 1 heterocycles. The van der Waals surface area contributed by atoms with E-state index in [2.05, 4.69) is 11.5 Å². The highest BCUT2D eigenvalue weighted by molar-refractivity contribution is 6.35. The molecule has 0 atom stereocenters. The van der Waals surface area contributed by atoms with Crippen LogP contribution in [-0.2, 0) is 23.3 Å². The maximum atomic E-state index is 10.0. The maximum Gasteiger partial charge on any atom is 0.245 e. The van der Waals surface area contributed by atoms with Gasteiger partial charge >= 0.3 is 0 Å². The molecule has 8 heteroatoms. The van der Waals surface area contributed by atoms with Crippen molar-refractivity contribution in [1.29, 1.82) is 0 Å². The molecule has 0 aliphatic carbocycles. The summed E-state index contributed by atoms with van der Waals surface area (Å²) in [5.41, 5.74) is 0. The number of nitrogens with zero attached hydrogens (tertiary/aromatic N) is 2. The first-order valence-electron chi connectivity index (χ1n) is 9.78. The second-order valence-electron chi connectivity index (χ2n) is 6.63. The fraction of sp³-hybridized carbons (Fsp3) is 0.524. The highest BCUT2D eigenvalue weighted by Crippen LogP contribution is 2.27. The Morgan fingerprint density at radius 3 is 2.52 bits per heavy atom. The van der Waals surface area contributed by atoms with E-state index in [1.807, 2.05) is 30.3 Å². The van der Waals surface area contributed by atoms with Crippen LogP contribution >= 0.6 is 23.2 Å². The van der Waals surface area contributed by atoms with Gasteiger partial charge in [-0.1, -0.05) is 62.2 Å². The average Bonchev–Trinajstić information content (AvgIpc) is 3.09. The Labute approximate surface area is 183 Å². The normalized spacial score (nSPS) is 10.3. The van der Waals surface area contributed by atoms with E-state index in [1.54, 1.807) is 6.07 Å². The Morgan fingerprint density at radius 1 is 1.17 bits per heavy atom. The number of aromatic nitrogens is 2. The Balaban J connectivity index is 0.000000296. The number of halogens is 2. The Morgan fingerprint density at radius 2 is 1.90 bits per heavy atom. The number of benzene rings is 1. The van der Waals surface area contributed by atoms with Gasteiger partial charge in [-0.15, -0.1) is 0 Å². The van der Waals surface area contributed by atoms with E-state index in [4.69, 9.17) is 32.7 Å². The summed E-state index contributed by atoms with van der Waals surface area (Å²) in [4.78, 5) is 10.0. The molecule has 162 valence electrons. The number of carboxylic acids is 1. The number of aliphatic carboxylic acids is 1. The summed E-state index contributed by atoms with van der Waals surface area (Å²) in [6.07, 6.45) is 14.0. The van der Waals surface area contributed by atoms with Crippen LogP contribution in [0.4, 0.5) is 0 Å². The molecule has 0 bridgehead atoms. The van der Waals surface area contributed by atoms with Crippen molar-refractivity contribution in [3.8, 4) is 5.75 Å². The van der Waals surface area contributed by atoms with Crippen molar-refractivity contribution in [1.82, 2.24) is 4.57 Å². The molecule has 2 rings (SSSR count). The predicted molar refractivity (Wildman–Crippen MR) is 112 cm³/mol. The van der Waals surface area contributed by atoms with Gasteiger partial charge < -0.3 is 19.4 Å². The Kier molecular flexibility index (Phi) is 13.2. The molecular weight excluding hydrogens is 415 g/mol. The van der Waals surface area contributed by atoms with Crippen molar-refractivity contribution in [3.63, 3.8) is 0 Å². The highest BCUT2D eigenvalue weighted by atomic mass is 35.5. The van der Waals surface area contributed by atoms with Crippen LogP contribution in [0.15, 0.2) is 36.9 Å². The van der Waals surface area contributed by atoms with Gasteiger partial charge in [0.05, 0.1) is 24.6 Å². The highest BCUT2D eigenvalue weighted by Gasteiger charge is 2.01. The first-order chi connectivity index (χ1) is 13.9. The van der Waals surface area contributed by atoms with Gasteiger partial charge in [-0.2, -0.15) is 0 Å². The fourth-order valence-electron chi connectivity index (χ4n) is 2.46. The standard InChI is InChI=1S/C13H25N2O.C8H6Cl2O3/c1-3-4-5-6-7-8-11-16-13-15-10-9-14(2)12-15;9-5-1-2-7(6(10)3-5)13-4-8(11)12/h9-10,12H,3-8,11,13H2,1-2H3;1-3H,4H2,(H,11,12)/q+1;/p-1. The lowest BCUT2D eigenvalue weighted by molar-refractivity contribution is -0.671. The van der Waals surface area contributed by atoms with Crippen molar-refractivity contribution < 1.29 is 23.9 Å². The van der Waals surface area contributed by atoms with Gasteiger partial charge in [-0.05, 0) is 24.6 Å². The summed E-state index contributed by atoms with van der Waals surface area (Å²) in [7, 11) is 2.02. The molecule has 0 saturated carbocycles. The van der Waals surface area contributed by atoms with Crippen molar-refractivity contribution >= 4 is 29.2 Å². The summed E-state index contributed by atoms with van der Waals surface area (Å²) >= 11 is 11.3. The third kappa shape index (κ3) is 12.4. The van der Waals surface area contributed by atoms with Crippen molar-refractivity contribution in [2.45, 2.75) is 52.2 Å². The maximum absolute atomic E-state index is 10.0. The van der Waals surface area contributed by atoms with Crippen LogP contribution in [0.1, 0.15) is 45.4 Å². The second-order valence-corrected chi connectivity index (χ2v) is 7.48. The molecule has 0 unspecified atom stereocenters. The average molecular weight is 445 g/mol. The Bertz CT molecular complexity index is 722. The molecule has 0 fully saturated rings. The molecule has 0 spiro atoms. The van der Waals surface area contributed by atoms with Gasteiger partial charge in [-0.3, -0.25) is 0 Å². The lowest BCUT2D eigenvalue weighted by Crippen LogP contribution is -2.28. The fourth-order valence-corrected chi connectivity index (χ4v) is 2.92. The van der Waals surface area contributed by atoms with Crippen LogP contribution in [-0.4, -0.2) is 23.8 Å². The molecule has 1 aromatic heterocycles. The zero-order valence-electron chi connectivity index (χ0n) is 17.1. The number of ether oxygens (including phenoxy) is 2. The number of rotatable bonds is 12. The van der Waals surface area contributed by atoms with Crippen LogP contribution in [0.5, 0.6) is 5.75 Å². The molecule has 2 aromatic rings. The van der Waals surface area contributed by atoms with E-state index in [0.717, 1.165) is 6.61 Å². The molecule has 1 aromatic carbocycles. The summed E-state index contributed by atoms with van der Waals surface area (Å²) < 4.78 is 14.5. The van der Waals surface area contributed by atoms with Crippen molar-refractivity contribution in [2.75, 3.05) is 13.2 Å². The van der Waals surface area contributed by atoms with E-state index in [9.17, 15) is 9.90 Å². The smallest absolute Gasteiger partial charge is 0.245 e. The van der Waals surface area contributed by atoms with Crippen molar-refractivity contribution in [2.24, 2.45) is 7.05 Å². The van der Waals surface area contributed by atoms with Gasteiger partial charge in [0.25, 0.3) is 0 Å². The number of carbonyl (C=O) groups excluding carboxylic acids is 1. The van der Waals surface area contributed by atoms with Crippen LogP contribution in [0, 0.1) is 0 Å². The van der Waals surface area contributed by atoms with Gasteiger partial charge in [0, 0.05) is 5.02 Å². The molecule has 0 saturated heterocycles. The predicted octanol–water partition coefficient (Wildman–Crippen LogP) is 3.77. The first-order valence-corrected chi connectivity index (χ1v) is 10.5. The lowest BCUT2D eigenvalue weighted by Gasteiger charge is -2.07. The number of hydrogen-bond acceptors (Lipinski definition) is 4. The number of carbonyl (C=O) groups is 1. The van der Waals surface area contributed by atoms with E-state index in [1.165, 1.54) is 50.7 Å². The van der Waals surface area contributed by atoms with Crippen LogP contribution < -0.4 is 14.4 Å². The minimum atomic E-state index is -1.30. The summed E-state index contributed by atoms with van der Waals surface area (Å²) in [5, 5.41) is 10.8. The zero-order valence-corrected chi connectivity index (χ0v) is 18.6. The van der Waals surface area contributed by atoms with Gasteiger partial charge in [0.15, 0.2) is 6.73 Å². The van der Waals surface area contributed by atoms with Crippen LogP contribution in [0.25, 0.3) is 0 Å². The lowest BCUT2D eigenvalue weighted by atomic mass is 10.1. The molecule has 0 amide bonds. The quantitative estimate of drug-likeness (QED) is 0.369. The summed E-state index contributed by atoms with van der Waals surface area (Å²) in [6.45, 7) is 3.28. The largest absolute Gasteiger partial charge is 0.546 e. The molecule has 0 radical (unpaired) electrons. The van der Waals surface area contributed by atoms with Crippen molar-refractivity contribution in [3.05, 3.63) is 47.0 Å². The number of imidazole rings is 1. The van der Waals surface area contributed by atoms with E-state index in [0.29, 0.717) is 11.8 Å². The van der Waals surface area contributed by atoms with Gasteiger partial charge in [0.1, 0.15) is 24.8 Å². The third-order valence-electron chi connectivity index (χ3n) is 3.95. The molecule has 0 N–H and O–H groups in total. The van der Waals surface area contributed by atoms with Crippen LogP contribution in [0.3, 0.4) is 0 Å². The molecule has 0 aliphatic heterocycles. The third-order valence-corrected chi connectivity index (χ3v) is 4.48. The number of unbranched alkanes of at least 4 members (excludes halogenated alkanes) is 5. The number of aryl methyl sites for hydroxylation is 1. The van der Waals surface area contributed by atoms with Gasteiger partial charge in [-0.25, -0.2) is 9.13 Å². The SMILES string of the molecule is CCCCCCCCOCn1cc[n+](C)c1.O=C([O-])COc1ccc(Cl)cc1Cl. The first kappa shape index (κ1) is 25.3. The topological polar surface area (TPSA) is 67.4 Å². The van der Waals surface area contributed by atoms with Crippen LogP contribution in [0.2, 0.25) is 10.0 Å². The second kappa shape index (κ2) is 15.1. The molecule has 0 aliphatic rings. The van der Waals surface area contributed by atoms with E-state index >= 15 is 0 Å². The number of hydrogen-bond donors (Lipinski definition) is 0. The summed E-state index contributed by atoms with van der Waals surface area (Å²) in [6, 6.07) is 4.51. The summed E-state index contributed by atoms with van der Waals surface area (Å²) in [5.74, 6) is -1.03. The molecular formula is C21H30Cl2N2O4. The monoisotopic (exact) mass is 444 g/mol. The minimum absolute atomic E-state index is 0.272. The number of carboxylic acid groups (broad SMARTS) is 1. The Hall–Kier alpha value is -1.76. The zero-order chi connectivity index (χ0) is 21.5. The molecule has 29 heavy (non-hydrogen) atoms. The minimum Gasteiger partial charge on any atom is -0.546 e. The van der Waals surface area contributed by atoms with Gasteiger partial charge in [0.2, 0.25) is 6.33 Å². The molecule has 6 nitrogen and oxygen atoms in total. The van der Waals surface area contributed by atoms with E-state index < -0.39 is 12.6 Å².